The van der Waals surface area contributed by atoms with Crippen molar-refractivity contribution in [1.29, 1.82) is 0 Å². The summed E-state index contributed by atoms with van der Waals surface area (Å²) in [5, 5.41) is 2.30. The number of benzene rings is 3. The normalized spacial score (nSPS) is 11.3. The number of carbonyl (C=O) groups is 1. The third-order valence-electron chi connectivity index (χ3n) is 4.10. The van der Waals surface area contributed by atoms with Gasteiger partial charge in [0.1, 0.15) is 40.1 Å². The van der Waals surface area contributed by atoms with Crippen LogP contribution in [0.1, 0.15) is 21.5 Å². The Balaban J connectivity index is 1.79. The minimum atomic E-state index is -4.83. The van der Waals surface area contributed by atoms with Crippen LogP contribution in [0.2, 0.25) is 0 Å². The lowest BCUT2D eigenvalue weighted by molar-refractivity contribution is -0.138. The Kier molecular flexibility index (Phi) is 5.73. The molecular formula is C21H13F6NO2. The van der Waals surface area contributed by atoms with E-state index in [1.54, 1.807) is 0 Å². The number of halogens is 6. The molecule has 3 nitrogen and oxygen atoms in total. The average Bonchev–Trinajstić information content (AvgIpc) is 2.67. The van der Waals surface area contributed by atoms with Crippen molar-refractivity contribution in [1.82, 2.24) is 0 Å². The number of ether oxygens (including phenoxy) is 1. The van der Waals surface area contributed by atoms with E-state index in [1.165, 1.54) is 37.3 Å². The summed E-state index contributed by atoms with van der Waals surface area (Å²) in [7, 11) is 0. The lowest BCUT2D eigenvalue weighted by Gasteiger charge is -2.14. The van der Waals surface area contributed by atoms with Gasteiger partial charge in [-0.1, -0.05) is 6.07 Å². The number of carbonyl (C=O) groups excluding carboxylic acids is 1. The Hall–Kier alpha value is -3.49. The van der Waals surface area contributed by atoms with Crippen molar-refractivity contribution in [3.05, 3.63) is 88.7 Å². The van der Waals surface area contributed by atoms with Crippen molar-refractivity contribution in [2.75, 3.05) is 5.32 Å². The first-order chi connectivity index (χ1) is 14.1. The van der Waals surface area contributed by atoms with Crippen LogP contribution in [-0.4, -0.2) is 5.91 Å². The second-order valence-electron chi connectivity index (χ2n) is 6.27. The Bertz CT molecular complexity index is 1090. The first-order valence-corrected chi connectivity index (χ1v) is 8.47. The number of alkyl halides is 3. The van der Waals surface area contributed by atoms with Gasteiger partial charge in [-0.2, -0.15) is 13.2 Å². The molecule has 3 aromatic rings. The van der Waals surface area contributed by atoms with E-state index in [1.807, 2.05) is 0 Å². The lowest BCUT2D eigenvalue weighted by Crippen LogP contribution is -2.16. The first kappa shape index (κ1) is 21.2. The molecule has 0 aliphatic carbocycles. The van der Waals surface area contributed by atoms with Gasteiger partial charge in [0.15, 0.2) is 0 Å². The van der Waals surface area contributed by atoms with Crippen LogP contribution in [0.5, 0.6) is 11.5 Å². The van der Waals surface area contributed by atoms with Crippen molar-refractivity contribution in [3.63, 3.8) is 0 Å². The third kappa shape index (κ3) is 4.56. The van der Waals surface area contributed by atoms with Crippen LogP contribution in [0.4, 0.5) is 32.0 Å². The fourth-order valence-corrected chi connectivity index (χ4v) is 2.60. The van der Waals surface area contributed by atoms with Crippen molar-refractivity contribution >= 4 is 11.6 Å². The number of rotatable bonds is 4. The lowest BCUT2D eigenvalue weighted by atomic mass is 10.1. The van der Waals surface area contributed by atoms with Crippen LogP contribution >= 0.6 is 0 Å². The number of hydrogen-bond donors (Lipinski definition) is 1. The summed E-state index contributed by atoms with van der Waals surface area (Å²) >= 11 is 0. The molecule has 3 aromatic carbocycles. The smallest absolute Gasteiger partial charge is 0.420 e. The molecular weight excluding hydrogens is 412 g/mol. The first-order valence-electron chi connectivity index (χ1n) is 8.47. The monoisotopic (exact) mass is 425 g/mol. The molecule has 0 heterocycles. The molecule has 0 aromatic heterocycles. The molecule has 1 N–H and O–H groups in total. The quantitative estimate of drug-likeness (QED) is 0.486. The van der Waals surface area contributed by atoms with Crippen LogP contribution < -0.4 is 10.1 Å². The second-order valence-corrected chi connectivity index (χ2v) is 6.27. The summed E-state index contributed by atoms with van der Waals surface area (Å²) < 4.78 is 85.3. The molecule has 0 aliphatic rings. The number of anilines is 1. The molecule has 3 rings (SSSR count). The van der Waals surface area contributed by atoms with E-state index in [9.17, 15) is 31.1 Å². The molecule has 0 radical (unpaired) electrons. The van der Waals surface area contributed by atoms with E-state index < -0.39 is 46.4 Å². The van der Waals surface area contributed by atoms with Crippen LogP contribution in [-0.2, 0) is 6.18 Å². The van der Waals surface area contributed by atoms with E-state index in [2.05, 4.69) is 5.32 Å². The third-order valence-corrected chi connectivity index (χ3v) is 4.10. The number of hydrogen-bond acceptors (Lipinski definition) is 2. The minimum absolute atomic E-state index is 0.0296. The van der Waals surface area contributed by atoms with Gasteiger partial charge >= 0.3 is 6.18 Å². The molecule has 9 heteroatoms. The summed E-state index contributed by atoms with van der Waals surface area (Å²) in [4.78, 5) is 12.2. The SMILES string of the molecule is Cc1ccc(F)c(C(=O)Nc2ccc(Oc3ccc(F)cc3C(F)(F)F)cc2)c1F. The Labute approximate surface area is 166 Å². The van der Waals surface area contributed by atoms with E-state index in [4.69, 9.17) is 4.74 Å². The highest BCUT2D eigenvalue weighted by molar-refractivity contribution is 6.04. The van der Waals surface area contributed by atoms with Crippen molar-refractivity contribution in [3.8, 4) is 11.5 Å². The molecule has 0 saturated heterocycles. The molecule has 0 spiro atoms. The molecule has 1 amide bonds. The molecule has 0 fully saturated rings. The van der Waals surface area contributed by atoms with Gasteiger partial charge in [0.05, 0.1) is 0 Å². The molecule has 0 atom stereocenters. The topological polar surface area (TPSA) is 38.3 Å². The van der Waals surface area contributed by atoms with Gasteiger partial charge in [0, 0.05) is 5.69 Å². The van der Waals surface area contributed by atoms with Crippen LogP contribution in [0.25, 0.3) is 0 Å². The summed E-state index contributed by atoms with van der Waals surface area (Å²) in [6.07, 6.45) is -4.83. The highest BCUT2D eigenvalue weighted by Crippen LogP contribution is 2.38. The van der Waals surface area contributed by atoms with Gasteiger partial charge in [-0.15, -0.1) is 0 Å². The standard InChI is InChI=1S/C21H13F6NO2/c1-11-2-8-16(23)18(19(11)24)20(29)28-13-4-6-14(7-5-13)30-17-9-3-12(22)10-15(17)21(25,26)27/h2-10H,1H3,(H,28,29). The minimum Gasteiger partial charge on any atom is -0.457 e. The molecule has 30 heavy (non-hydrogen) atoms. The number of amides is 1. The fourth-order valence-electron chi connectivity index (χ4n) is 2.60. The largest absolute Gasteiger partial charge is 0.457 e. The van der Waals surface area contributed by atoms with Crippen LogP contribution in [0.3, 0.4) is 0 Å². The zero-order valence-corrected chi connectivity index (χ0v) is 15.3. The van der Waals surface area contributed by atoms with E-state index >= 15 is 0 Å². The number of nitrogens with one attached hydrogen (secondary N) is 1. The van der Waals surface area contributed by atoms with Crippen LogP contribution in [0.15, 0.2) is 54.6 Å². The van der Waals surface area contributed by atoms with E-state index in [-0.39, 0.29) is 17.0 Å². The van der Waals surface area contributed by atoms with Gasteiger partial charge < -0.3 is 10.1 Å². The maximum Gasteiger partial charge on any atom is 0.420 e. The maximum absolute atomic E-state index is 14.0. The average molecular weight is 425 g/mol. The van der Waals surface area contributed by atoms with Crippen molar-refractivity contribution in [2.45, 2.75) is 13.1 Å². The highest BCUT2D eigenvalue weighted by Gasteiger charge is 2.35. The Morgan fingerprint density at radius 1 is 0.933 bits per heavy atom. The predicted molar refractivity (Wildman–Crippen MR) is 97.0 cm³/mol. The van der Waals surface area contributed by atoms with Gasteiger partial charge in [0.25, 0.3) is 5.91 Å². The van der Waals surface area contributed by atoms with Gasteiger partial charge in [-0.25, -0.2) is 13.2 Å². The summed E-state index contributed by atoms with van der Waals surface area (Å²) in [5.74, 6) is -4.76. The number of aryl methyl sites for hydroxylation is 1. The van der Waals surface area contributed by atoms with E-state index in [0.717, 1.165) is 18.2 Å². The maximum atomic E-state index is 14.0. The summed E-state index contributed by atoms with van der Waals surface area (Å²) in [6.45, 7) is 1.38. The molecule has 0 bridgehead atoms. The van der Waals surface area contributed by atoms with Gasteiger partial charge in [-0.05, 0) is 61.0 Å². The molecule has 0 aliphatic heterocycles. The summed E-state index contributed by atoms with van der Waals surface area (Å²) in [6, 6.07) is 9.16. The molecule has 0 saturated carbocycles. The van der Waals surface area contributed by atoms with Crippen molar-refractivity contribution < 1.29 is 35.9 Å². The highest BCUT2D eigenvalue weighted by atomic mass is 19.4. The Morgan fingerprint density at radius 2 is 1.60 bits per heavy atom. The zero-order valence-electron chi connectivity index (χ0n) is 15.3. The Morgan fingerprint density at radius 3 is 2.23 bits per heavy atom. The second kappa shape index (κ2) is 8.10. The van der Waals surface area contributed by atoms with E-state index in [0.29, 0.717) is 6.07 Å². The molecule has 0 unspecified atom stereocenters. The fraction of sp³-hybridized carbons (Fsp3) is 0.0952. The van der Waals surface area contributed by atoms with Gasteiger partial charge in [-0.3, -0.25) is 4.79 Å². The van der Waals surface area contributed by atoms with Crippen LogP contribution in [0, 0.1) is 24.4 Å². The molecule has 156 valence electrons. The van der Waals surface area contributed by atoms with Gasteiger partial charge in [0.2, 0.25) is 0 Å². The summed E-state index contributed by atoms with van der Waals surface area (Å²) in [5.41, 5.74) is -1.82. The van der Waals surface area contributed by atoms with Crippen molar-refractivity contribution in [2.24, 2.45) is 0 Å². The zero-order chi connectivity index (χ0) is 22.1. The predicted octanol–water partition coefficient (Wildman–Crippen LogP) is 6.48.